The zero-order chi connectivity index (χ0) is 22.8. The van der Waals surface area contributed by atoms with Gasteiger partial charge in [0, 0.05) is 5.92 Å². The molecule has 1 fully saturated rings. The lowest BCUT2D eigenvalue weighted by atomic mass is 9.77. The Hall–Kier alpha value is -2.49. The van der Waals surface area contributed by atoms with E-state index in [1.165, 1.54) is 18.1 Å². The van der Waals surface area contributed by atoms with E-state index in [0.29, 0.717) is 23.6 Å². The van der Waals surface area contributed by atoms with Gasteiger partial charge in [0.1, 0.15) is 23.3 Å². The highest BCUT2D eigenvalue weighted by atomic mass is 19.4. The number of hydrogen-bond acceptors (Lipinski definition) is 0. The smallest absolute Gasteiger partial charge is 0.206 e. The molecule has 0 nitrogen and oxygen atoms in total. The van der Waals surface area contributed by atoms with Crippen LogP contribution < -0.4 is 0 Å². The van der Waals surface area contributed by atoms with Crippen LogP contribution in [0.1, 0.15) is 62.5 Å². The number of benzene rings is 2. The Morgan fingerprint density at radius 1 is 0.839 bits per heavy atom. The van der Waals surface area contributed by atoms with Gasteiger partial charge in [-0.1, -0.05) is 25.7 Å². The Morgan fingerprint density at radius 2 is 1.39 bits per heavy atom. The zero-order valence-corrected chi connectivity index (χ0v) is 16.9. The number of alkyl halides is 3. The van der Waals surface area contributed by atoms with Crippen LogP contribution in [0.5, 0.6) is 0 Å². The van der Waals surface area contributed by atoms with E-state index in [4.69, 9.17) is 0 Å². The van der Waals surface area contributed by atoms with Crippen LogP contribution in [-0.4, -0.2) is 6.18 Å². The number of halogens is 7. The molecule has 0 saturated heterocycles. The molecule has 0 N–H and O–H groups in total. The maximum Gasteiger partial charge on any atom is 0.458 e. The van der Waals surface area contributed by atoms with E-state index >= 15 is 0 Å². The van der Waals surface area contributed by atoms with Crippen molar-refractivity contribution in [3.8, 4) is 23.0 Å². The predicted octanol–water partition coefficient (Wildman–Crippen LogP) is 7.90. The minimum atomic E-state index is -4.93. The minimum absolute atomic E-state index is 0.0136. The van der Waals surface area contributed by atoms with Gasteiger partial charge >= 0.3 is 6.18 Å². The highest BCUT2D eigenvalue weighted by Crippen LogP contribution is 2.39. The van der Waals surface area contributed by atoms with Crippen LogP contribution in [0.3, 0.4) is 0 Å². The second kappa shape index (κ2) is 9.33. The first-order chi connectivity index (χ1) is 14.6. The summed E-state index contributed by atoms with van der Waals surface area (Å²) in [7, 11) is 0. The second-order valence-electron chi connectivity index (χ2n) is 7.93. The molecule has 2 aromatic rings. The molecule has 0 spiro atoms. The van der Waals surface area contributed by atoms with Gasteiger partial charge in [-0.05, 0) is 72.9 Å². The SMILES string of the molecule is CCCC1CCC(c2cc(F)c(-c3cc(F)c(C#CC(F)(F)F)c(F)c3)c(F)c2)CC1. The molecule has 0 unspecified atom stereocenters. The van der Waals surface area contributed by atoms with Gasteiger partial charge in [-0.25, -0.2) is 17.6 Å². The van der Waals surface area contributed by atoms with Crippen LogP contribution in [0.15, 0.2) is 24.3 Å². The van der Waals surface area contributed by atoms with Crippen molar-refractivity contribution in [3.05, 3.63) is 58.7 Å². The summed E-state index contributed by atoms with van der Waals surface area (Å²) in [5, 5.41) is 0. The molecule has 0 amide bonds. The minimum Gasteiger partial charge on any atom is -0.206 e. The summed E-state index contributed by atoms with van der Waals surface area (Å²) in [6, 6.07) is 3.52. The molecular weight excluding hydrogens is 421 g/mol. The van der Waals surface area contributed by atoms with Crippen LogP contribution in [0.2, 0.25) is 0 Å². The van der Waals surface area contributed by atoms with Crippen molar-refractivity contribution in [2.24, 2.45) is 5.92 Å². The van der Waals surface area contributed by atoms with Gasteiger partial charge < -0.3 is 0 Å². The summed E-state index contributed by atoms with van der Waals surface area (Å²) >= 11 is 0. The molecule has 1 aliphatic rings. The molecule has 0 atom stereocenters. The van der Waals surface area contributed by atoms with Gasteiger partial charge in [-0.2, -0.15) is 13.2 Å². The third kappa shape index (κ3) is 5.61. The predicted molar refractivity (Wildman–Crippen MR) is 104 cm³/mol. The molecule has 7 heteroatoms. The first-order valence-corrected chi connectivity index (χ1v) is 10.2. The summed E-state index contributed by atoms with van der Waals surface area (Å²) in [4.78, 5) is 0. The molecule has 2 aromatic carbocycles. The highest BCUT2D eigenvalue weighted by Gasteiger charge is 2.26. The molecule has 166 valence electrons. The monoisotopic (exact) mass is 442 g/mol. The van der Waals surface area contributed by atoms with Gasteiger partial charge in [0.05, 0.1) is 11.1 Å². The Kier molecular flexibility index (Phi) is 6.98. The van der Waals surface area contributed by atoms with Crippen LogP contribution in [-0.2, 0) is 0 Å². The van der Waals surface area contributed by atoms with Crippen molar-refractivity contribution in [2.75, 3.05) is 0 Å². The van der Waals surface area contributed by atoms with Gasteiger partial charge in [0.2, 0.25) is 0 Å². The maximum atomic E-state index is 14.8. The average Bonchev–Trinajstić information content (AvgIpc) is 2.67. The number of hydrogen-bond donors (Lipinski definition) is 0. The Labute approximate surface area is 176 Å². The van der Waals surface area contributed by atoms with E-state index in [0.717, 1.165) is 44.4 Å². The zero-order valence-electron chi connectivity index (χ0n) is 16.9. The van der Waals surface area contributed by atoms with Crippen LogP contribution in [0.25, 0.3) is 11.1 Å². The third-order valence-corrected chi connectivity index (χ3v) is 5.74. The third-order valence-electron chi connectivity index (χ3n) is 5.74. The molecule has 0 heterocycles. The standard InChI is InChI=1S/C24H21F7/c1-2-3-14-4-6-15(7-5-14)16-10-21(27)23(22(28)11-16)17-12-19(25)18(20(26)13-17)8-9-24(29,30)31/h10-15H,2-7H2,1H3. The summed E-state index contributed by atoms with van der Waals surface area (Å²) in [5.74, 6) is -2.00. The molecular formula is C24H21F7. The maximum absolute atomic E-state index is 14.8. The van der Waals surface area contributed by atoms with E-state index < -0.39 is 46.1 Å². The first kappa shape index (κ1) is 23.2. The molecule has 31 heavy (non-hydrogen) atoms. The fraction of sp³-hybridized carbons (Fsp3) is 0.417. The van der Waals surface area contributed by atoms with Crippen molar-refractivity contribution >= 4 is 0 Å². The highest BCUT2D eigenvalue weighted by molar-refractivity contribution is 5.67. The molecule has 1 saturated carbocycles. The Balaban J connectivity index is 1.89. The molecule has 1 aliphatic carbocycles. The van der Waals surface area contributed by atoms with Crippen molar-refractivity contribution in [3.63, 3.8) is 0 Å². The van der Waals surface area contributed by atoms with Crippen LogP contribution >= 0.6 is 0 Å². The molecule has 0 aromatic heterocycles. The molecule has 0 aliphatic heterocycles. The van der Waals surface area contributed by atoms with Gasteiger partial charge in [0.25, 0.3) is 0 Å². The molecule has 3 rings (SSSR count). The van der Waals surface area contributed by atoms with Gasteiger partial charge in [-0.3, -0.25) is 0 Å². The van der Waals surface area contributed by atoms with E-state index in [2.05, 4.69) is 6.92 Å². The lowest BCUT2D eigenvalue weighted by Gasteiger charge is -2.29. The average molecular weight is 442 g/mol. The lowest BCUT2D eigenvalue weighted by Crippen LogP contribution is -2.13. The lowest BCUT2D eigenvalue weighted by molar-refractivity contribution is -0.0696. The Bertz CT molecular complexity index is 957. The summed E-state index contributed by atoms with van der Waals surface area (Å²) in [6.07, 6.45) is 0.912. The first-order valence-electron chi connectivity index (χ1n) is 10.2. The van der Waals surface area contributed by atoms with Gasteiger partial charge in [-0.15, -0.1) is 0 Å². The van der Waals surface area contributed by atoms with Crippen LogP contribution in [0.4, 0.5) is 30.7 Å². The normalized spacial score (nSPS) is 19.1. The Morgan fingerprint density at radius 3 is 1.87 bits per heavy atom. The van der Waals surface area contributed by atoms with E-state index in [9.17, 15) is 30.7 Å². The van der Waals surface area contributed by atoms with Gasteiger partial charge in [0.15, 0.2) is 0 Å². The number of rotatable bonds is 4. The van der Waals surface area contributed by atoms with E-state index in [1.54, 1.807) is 0 Å². The summed E-state index contributed by atoms with van der Waals surface area (Å²) in [5.41, 5.74) is -1.68. The fourth-order valence-corrected chi connectivity index (χ4v) is 4.27. The molecule has 0 bridgehead atoms. The quantitative estimate of drug-likeness (QED) is 0.334. The van der Waals surface area contributed by atoms with Crippen molar-refractivity contribution in [1.29, 1.82) is 0 Å². The van der Waals surface area contributed by atoms with Crippen molar-refractivity contribution in [2.45, 2.75) is 57.5 Å². The van der Waals surface area contributed by atoms with E-state index in [1.807, 2.05) is 0 Å². The largest absolute Gasteiger partial charge is 0.458 e. The van der Waals surface area contributed by atoms with Crippen molar-refractivity contribution in [1.82, 2.24) is 0 Å². The van der Waals surface area contributed by atoms with E-state index in [-0.39, 0.29) is 5.92 Å². The molecule has 0 radical (unpaired) electrons. The summed E-state index contributed by atoms with van der Waals surface area (Å²) < 4.78 is 94.4. The summed E-state index contributed by atoms with van der Waals surface area (Å²) in [6.45, 7) is 2.12. The van der Waals surface area contributed by atoms with Crippen LogP contribution in [0, 0.1) is 41.0 Å². The fourth-order valence-electron chi connectivity index (χ4n) is 4.27. The van der Waals surface area contributed by atoms with Crippen molar-refractivity contribution < 1.29 is 30.7 Å². The second-order valence-corrected chi connectivity index (χ2v) is 7.93. The topological polar surface area (TPSA) is 0 Å².